The van der Waals surface area contributed by atoms with E-state index in [0.717, 1.165) is 5.75 Å². The van der Waals surface area contributed by atoms with Gasteiger partial charge >= 0.3 is 0 Å². The van der Waals surface area contributed by atoms with Crippen LogP contribution in [0.3, 0.4) is 0 Å². The molecule has 0 aromatic heterocycles. The highest BCUT2D eigenvalue weighted by Crippen LogP contribution is 1.98. The molecule has 0 spiro atoms. The smallest absolute Gasteiger partial charge is 0.148 e. The van der Waals surface area contributed by atoms with Crippen LogP contribution in [0.25, 0.3) is 0 Å². The van der Waals surface area contributed by atoms with Crippen LogP contribution in [-0.4, -0.2) is 38.5 Å². The van der Waals surface area contributed by atoms with E-state index >= 15 is 0 Å². The van der Waals surface area contributed by atoms with Gasteiger partial charge in [0.2, 0.25) is 0 Å². The fraction of sp³-hybridized carbons (Fsp3) is 1.00. The van der Waals surface area contributed by atoms with Crippen molar-refractivity contribution in [1.82, 2.24) is 0 Å². The van der Waals surface area contributed by atoms with E-state index in [9.17, 15) is 8.42 Å². The van der Waals surface area contributed by atoms with Gasteiger partial charge in [-0.3, -0.25) is 0 Å². The number of hydrogen-bond acceptors (Lipinski definition) is 4. The van der Waals surface area contributed by atoms with Crippen molar-refractivity contribution in [3.05, 3.63) is 0 Å². The zero-order valence-electron chi connectivity index (χ0n) is 6.04. The number of sulfone groups is 1. The Kier molecular flexibility index (Phi) is 5.11. The van der Waals surface area contributed by atoms with E-state index in [-0.39, 0.29) is 5.75 Å². The standard InChI is InChI=1S/C5H13NO2S2/c1-10(7,8)5-4-9-3-2-6/h2-6H2,1H3. The van der Waals surface area contributed by atoms with E-state index in [1.54, 1.807) is 11.8 Å². The Morgan fingerprint density at radius 3 is 2.40 bits per heavy atom. The average molecular weight is 183 g/mol. The van der Waals surface area contributed by atoms with Gasteiger partial charge in [-0.05, 0) is 0 Å². The summed E-state index contributed by atoms with van der Waals surface area (Å²) >= 11 is 1.58. The fourth-order valence-corrected chi connectivity index (χ4v) is 2.45. The molecule has 0 radical (unpaired) electrons. The van der Waals surface area contributed by atoms with Crippen LogP contribution < -0.4 is 5.73 Å². The van der Waals surface area contributed by atoms with Gasteiger partial charge in [-0.2, -0.15) is 11.8 Å². The maximum Gasteiger partial charge on any atom is 0.148 e. The Balaban J connectivity index is 3.21. The number of rotatable bonds is 5. The molecule has 0 saturated heterocycles. The highest BCUT2D eigenvalue weighted by atomic mass is 32.2. The molecule has 0 amide bonds. The van der Waals surface area contributed by atoms with Crippen LogP contribution in [0, 0.1) is 0 Å². The van der Waals surface area contributed by atoms with Crippen molar-refractivity contribution >= 4 is 21.6 Å². The van der Waals surface area contributed by atoms with E-state index in [0.29, 0.717) is 12.3 Å². The molecule has 0 bridgehead atoms. The molecule has 0 aliphatic rings. The van der Waals surface area contributed by atoms with Crippen LogP contribution in [0.1, 0.15) is 0 Å². The summed E-state index contributed by atoms with van der Waals surface area (Å²) in [5.41, 5.74) is 5.21. The normalized spacial score (nSPS) is 11.8. The van der Waals surface area contributed by atoms with Gasteiger partial charge in [0.15, 0.2) is 0 Å². The van der Waals surface area contributed by atoms with E-state index in [1.165, 1.54) is 6.26 Å². The quantitative estimate of drug-likeness (QED) is 0.596. The highest BCUT2D eigenvalue weighted by Gasteiger charge is 1.99. The molecule has 3 nitrogen and oxygen atoms in total. The third-order valence-corrected chi connectivity index (χ3v) is 3.08. The summed E-state index contributed by atoms with van der Waals surface area (Å²) in [7, 11) is -2.77. The topological polar surface area (TPSA) is 60.2 Å². The monoisotopic (exact) mass is 183 g/mol. The first-order chi connectivity index (χ1) is 4.56. The van der Waals surface area contributed by atoms with Crippen LogP contribution >= 0.6 is 11.8 Å². The molecule has 0 aliphatic carbocycles. The summed E-state index contributed by atoms with van der Waals surface area (Å²) in [5.74, 6) is 1.77. The molecule has 0 rings (SSSR count). The lowest BCUT2D eigenvalue weighted by molar-refractivity contribution is 0.603. The summed E-state index contributed by atoms with van der Waals surface area (Å²) in [6.45, 7) is 0.619. The predicted molar refractivity (Wildman–Crippen MR) is 46.1 cm³/mol. The van der Waals surface area contributed by atoms with Crippen LogP contribution in [0.5, 0.6) is 0 Å². The Hall–Kier alpha value is 0.260. The lowest BCUT2D eigenvalue weighted by Crippen LogP contribution is -2.08. The van der Waals surface area contributed by atoms with Crippen molar-refractivity contribution in [1.29, 1.82) is 0 Å². The molecule has 0 saturated carbocycles. The zero-order valence-corrected chi connectivity index (χ0v) is 7.67. The molecule has 0 heterocycles. The molecule has 5 heteroatoms. The second-order valence-electron chi connectivity index (χ2n) is 2.03. The zero-order chi connectivity index (χ0) is 8.04. The third kappa shape index (κ3) is 8.26. The maximum absolute atomic E-state index is 10.5. The van der Waals surface area contributed by atoms with Crippen molar-refractivity contribution < 1.29 is 8.42 Å². The lowest BCUT2D eigenvalue weighted by Gasteiger charge is -1.96. The van der Waals surface area contributed by atoms with Gasteiger partial charge in [0.05, 0.1) is 5.75 Å². The molecular weight excluding hydrogens is 170 g/mol. The van der Waals surface area contributed by atoms with Gasteiger partial charge in [-0.15, -0.1) is 0 Å². The lowest BCUT2D eigenvalue weighted by atomic mass is 10.8. The van der Waals surface area contributed by atoms with Gasteiger partial charge in [-0.1, -0.05) is 0 Å². The van der Waals surface area contributed by atoms with Gasteiger partial charge in [0.25, 0.3) is 0 Å². The van der Waals surface area contributed by atoms with Crippen LogP contribution in [0.2, 0.25) is 0 Å². The van der Waals surface area contributed by atoms with E-state index in [2.05, 4.69) is 0 Å². The fourth-order valence-electron chi connectivity index (χ4n) is 0.396. The van der Waals surface area contributed by atoms with Crippen LogP contribution in [0.15, 0.2) is 0 Å². The summed E-state index contributed by atoms with van der Waals surface area (Å²) in [6.07, 6.45) is 1.25. The molecule has 10 heavy (non-hydrogen) atoms. The minimum Gasteiger partial charge on any atom is -0.330 e. The predicted octanol–water partition coefficient (Wildman–Crippen LogP) is -0.277. The van der Waals surface area contributed by atoms with Crippen LogP contribution in [0.4, 0.5) is 0 Å². The van der Waals surface area contributed by atoms with Crippen molar-refractivity contribution in [2.75, 3.05) is 30.1 Å². The molecule has 0 aromatic carbocycles. The van der Waals surface area contributed by atoms with Crippen molar-refractivity contribution in [3.63, 3.8) is 0 Å². The largest absolute Gasteiger partial charge is 0.330 e. The van der Waals surface area contributed by atoms with E-state index in [1.807, 2.05) is 0 Å². The Morgan fingerprint density at radius 1 is 1.40 bits per heavy atom. The second kappa shape index (κ2) is 4.98. The summed E-state index contributed by atoms with van der Waals surface area (Å²) in [6, 6.07) is 0. The molecular formula is C5H13NO2S2. The number of thioether (sulfide) groups is 1. The molecule has 0 atom stereocenters. The molecule has 0 aromatic rings. The van der Waals surface area contributed by atoms with E-state index < -0.39 is 9.84 Å². The van der Waals surface area contributed by atoms with Gasteiger partial charge in [0.1, 0.15) is 9.84 Å². The molecule has 0 unspecified atom stereocenters. The average Bonchev–Trinajstić information content (AvgIpc) is 1.78. The Morgan fingerprint density at radius 2 is 2.00 bits per heavy atom. The van der Waals surface area contributed by atoms with Crippen molar-refractivity contribution in [2.24, 2.45) is 5.73 Å². The van der Waals surface area contributed by atoms with Crippen LogP contribution in [-0.2, 0) is 9.84 Å². The van der Waals surface area contributed by atoms with Crippen molar-refractivity contribution in [2.45, 2.75) is 0 Å². The minimum atomic E-state index is -2.77. The Bertz CT molecular complexity index is 164. The number of nitrogens with two attached hydrogens (primary N) is 1. The first kappa shape index (κ1) is 10.3. The number of hydrogen-bond donors (Lipinski definition) is 1. The Labute approximate surface area is 66.3 Å². The molecule has 0 aliphatic heterocycles. The van der Waals surface area contributed by atoms with Gasteiger partial charge < -0.3 is 5.73 Å². The minimum absolute atomic E-state index is 0.262. The van der Waals surface area contributed by atoms with Gasteiger partial charge in [-0.25, -0.2) is 8.42 Å². The third-order valence-electron chi connectivity index (χ3n) is 0.861. The highest BCUT2D eigenvalue weighted by molar-refractivity contribution is 8.00. The van der Waals surface area contributed by atoms with Crippen molar-refractivity contribution in [3.8, 4) is 0 Å². The molecule has 62 valence electrons. The summed E-state index contributed by atoms with van der Waals surface area (Å²) in [5, 5.41) is 0. The first-order valence-corrected chi connectivity index (χ1v) is 6.23. The second-order valence-corrected chi connectivity index (χ2v) is 5.52. The molecule has 2 N–H and O–H groups in total. The maximum atomic E-state index is 10.5. The summed E-state index contributed by atoms with van der Waals surface area (Å²) in [4.78, 5) is 0. The molecule has 0 fully saturated rings. The summed E-state index contributed by atoms with van der Waals surface area (Å²) < 4.78 is 21.1. The SMILES string of the molecule is CS(=O)(=O)CCSCCN. The first-order valence-electron chi connectivity index (χ1n) is 3.02. The van der Waals surface area contributed by atoms with Gasteiger partial charge in [0, 0.05) is 24.3 Å². The van der Waals surface area contributed by atoms with E-state index in [4.69, 9.17) is 5.73 Å².